The lowest BCUT2D eigenvalue weighted by molar-refractivity contribution is -0.159. The first kappa shape index (κ1) is 22.3. The molecule has 2 atom stereocenters. The van der Waals surface area contributed by atoms with E-state index in [1.165, 1.54) is 0 Å². The predicted octanol–water partition coefficient (Wildman–Crippen LogP) is 3.31. The van der Waals surface area contributed by atoms with Crippen molar-refractivity contribution in [3.63, 3.8) is 0 Å². The van der Waals surface area contributed by atoms with E-state index in [2.05, 4.69) is 13.8 Å². The van der Waals surface area contributed by atoms with Crippen LogP contribution in [0.5, 0.6) is 0 Å². The van der Waals surface area contributed by atoms with Gasteiger partial charge in [-0.3, -0.25) is 9.59 Å². The molecule has 0 aliphatic rings. The summed E-state index contributed by atoms with van der Waals surface area (Å²) in [6.45, 7) is 5.72. The number of carboxylic acids is 1. The fraction of sp³-hybridized carbons (Fsp3) is 0.778. The highest BCUT2D eigenvalue weighted by Gasteiger charge is 2.24. The van der Waals surface area contributed by atoms with Crippen LogP contribution in [0.15, 0.2) is 0 Å². The van der Waals surface area contributed by atoms with E-state index >= 15 is 0 Å². The summed E-state index contributed by atoms with van der Waals surface area (Å²) in [5.41, 5.74) is 0. The van der Waals surface area contributed by atoms with E-state index in [4.69, 9.17) is 9.84 Å². The van der Waals surface area contributed by atoms with E-state index in [0.29, 0.717) is 0 Å². The van der Waals surface area contributed by atoms with Crippen LogP contribution in [0.2, 0.25) is 0 Å². The molecule has 0 amide bonds. The van der Waals surface area contributed by atoms with Crippen molar-refractivity contribution in [3.05, 3.63) is 0 Å². The van der Waals surface area contributed by atoms with Crippen LogP contribution in [0.3, 0.4) is 0 Å². The van der Waals surface area contributed by atoms with E-state index < -0.39 is 29.4 Å². The average Bonchev–Trinajstić information content (AvgIpc) is 2.51. The molecule has 0 saturated carbocycles. The first-order chi connectivity index (χ1) is 11.3. The minimum absolute atomic E-state index is 0.173. The highest BCUT2D eigenvalue weighted by molar-refractivity contribution is 6.34. The van der Waals surface area contributed by atoms with E-state index in [-0.39, 0.29) is 18.9 Å². The first-order valence-electron chi connectivity index (χ1n) is 8.81. The largest absolute Gasteiger partial charge is 0.476 e. The Hall–Kier alpha value is -1.72. The summed E-state index contributed by atoms with van der Waals surface area (Å²) in [5.74, 6) is -4.54. The lowest BCUT2D eigenvalue weighted by Crippen LogP contribution is -2.27. The van der Waals surface area contributed by atoms with Gasteiger partial charge in [-0.2, -0.15) is 0 Å². The van der Waals surface area contributed by atoms with Crippen molar-refractivity contribution in [1.29, 1.82) is 0 Å². The number of carbonyl (C=O) groups excluding carboxylic acids is 3. The second-order valence-electron chi connectivity index (χ2n) is 6.33. The molecule has 0 heterocycles. The number of carbonyl (C=O) groups is 4. The van der Waals surface area contributed by atoms with Gasteiger partial charge in [-0.1, -0.05) is 46.5 Å². The van der Waals surface area contributed by atoms with Crippen molar-refractivity contribution in [3.8, 4) is 0 Å². The van der Waals surface area contributed by atoms with Crippen LogP contribution in [-0.2, 0) is 23.9 Å². The summed E-state index contributed by atoms with van der Waals surface area (Å²) < 4.78 is 5.32. The van der Waals surface area contributed by atoms with Crippen molar-refractivity contribution in [2.75, 3.05) is 0 Å². The van der Waals surface area contributed by atoms with Crippen LogP contribution in [0.4, 0.5) is 0 Å². The molecule has 0 aromatic rings. The summed E-state index contributed by atoms with van der Waals surface area (Å²) in [6, 6.07) is 0. The van der Waals surface area contributed by atoms with Crippen molar-refractivity contribution in [2.24, 2.45) is 5.92 Å². The Morgan fingerprint density at radius 3 is 1.96 bits per heavy atom. The van der Waals surface area contributed by atoms with E-state index in [1.54, 1.807) is 6.92 Å². The van der Waals surface area contributed by atoms with E-state index in [9.17, 15) is 19.2 Å². The van der Waals surface area contributed by atoms with Crippen LogP contribution in [0, 0.1) is 5.92 Å². The zero-order valence-electron chi connectivity index (χ0n) is 15.0. The number of unbranched alkanes of at least 4 members (excludes halogenated alkanes) is 3. The Bertz CT molecular complexity index is 429. The molecule has 6 heteroatoms. The average molecular weight is 342 g/mol. The molecule has 0 aromatic heterocycles. The molecule has 24 heavy (non-hydrogen) atoms. The maximum absolute atomic E-state index is 11.9. The molecule has 1 N–H and O–H groups in total. The maximum Gasteiger partial charge on any atom is 0.374 e. The van der Waals surface area contributed by atoms with Gasteiger partial charge >= 0.3 is 11.9 Å². The number of hydrogen-bond acceptors (Lipinski definition) is 5. The summed E-state index contributed by atoms with van der Waals surface area (Å²) >= 11 is 0. The normalized spacial score (nSPS) is 13.1. The quantitative estimate of drug-likeness (QED) is 0.295. The third kappa shape index (κ3) is 10.1. The second-order valence-corrected chi connectivity index (χ2v) is 6.33. The van der Waals surface area contributed by atoms with Crippen molar-refractivity contribution in [2.45, 2.75) is 84.7 Å². The zero-order valence-corrected chi connectivity index (χ0v) is 15.0. The van der Waals surface area contributed by atoms with E-state index in [0.717, 1.165) is 44.9 Å². The Morgan fingerprint density at radius 2 is 1.42 bits per heavy atom. The smallest absolute Gasteiger partial charge is 0.374 e. The molecule has 0 radical (unpaired) electrons. The zero-order chi connectivity index (χ0) is 18.5. The van der Waals surface area contributed by atoms with Crippen LogP contribution < -0.4 is 0 Å². The van der Waals surface area contributed by atoms with Crippen molar-refractivity contribution < 1.29 is 29.0 Å². The maximum atomic E-state index is 11.9. The molecule has 0 aliphatic heterocycles. The summed E-state index contributed by atoms with van der Waals surface area (Å²) in [6.07, 6.45) is 5.82. The summed E-state index contributed by atoms with van der Waals surface area (Å²) in [5, 5.41) is 8.55. The van der Waals surface area contributed by atoms with Crippen molar-refractivity contribution >= 4 is 23.5 Å². The highest BCUT2D eigenvalue weighted by atomic mass is 16.5. The Morgan fingerprint density at radius 1 is 0.875 bits per heavy atom. The minimum atomic E-state index is -1.52. The first-order valence-corrected chi connectivity index (χ1v) is 8.81. The van der Waals surface area contributed by atoms with Gasteiger partial charge in [0.25, 0.3) is 0 Å². The number of ketones is 2. The topological polar surface area (TPSA) is 97.7 Å². The fourth-order valence-corrected chi connectivity index (χ4v) is 2.41. The molecule has 0 spiro atoms. The van der Waals surface area contributed by atoms with Gasteiger partial charge < -0.3 is 9.84 Å². The van der Waals surface area contributed by atoms with Crippen molar-refractivity contribution in [1.82, 2.24) is 0 Å². The lowest BCUT2D eigenvalue weighted by Gasteiger charge is -2.17. The molecular formula is C18H30O6. The number of carboxylic acid groups (broad SMARTS) is 1. The van der Waals surface area contributed by atoms with Gasteiger partial charge in [0.15, 0.2) is 0 Å². The van der Waals surface area contributed by atoms with Gasteiger partial charge in [0.05, 0.1) is 0 Å². The Labute approximate surface area is 143 Å². The van der Waals surface area contributed by atoms with Gasteiger partial charge in [0.2, 0.25) is 11.6 Å². The number of ether oxygens (including phenoxy) is 1. The van der Waals surface area contributed by atoms with Gasteiger partial charge in [-0.15, -0.1) is 0 Å². The monoisotopic (exact) mass is 342 g/mol. The molecule has 6 nitrogen and oxygen atoms in total. The number of aliphatic carboxylic acids is 1. The molecule has 0 aromatic carbocycles. The highest BCUT2D eigenvalue weighted by Crippen LogP contribution is 2.15. The number of esters is 1. The standard InChI is InChI=1S/C18H30O6/c1-4-6-8-10-14(9-7-5-2)24-18(23)16(20)12-13(3)11-15(19)17(21)22/h13-14H,4-12H2,1-3H3,(H,21,22). The SMILES string of the molecule is CCCCCC(CCCC)OC(=O)C(=O)CC(C)CC(=O)C(=O)O. The molecule has 0 aliphatic carbocycles. The van der Waals surface area contributed by atoms with Gasteiger partial charge in [-0.25, -0.2) is 9.59 Å². The van der Waals surface area contributed by atoms with Crippen LogP contribution in [0.1, 0.15) is 78.6 Å². The number of hydrogen-bond donors (Lipinski definition) is 1. The molecule has 0 bridgehead atoms. The van der Waals surface area contributed by atoms with Gasteiger partial charge in [0, 0.05) is 12.8 Å². The minimum Gasteiger partial charge on any atom is -0.476 e. The third-order valence-corrected chi connectivity index (χ3v) is 3.82. The van der Waals surface area contributed by atoms with Gasteiger partial charge in [0.1, 0.15) is 6.10 Å². The molecule has 0 fully saturated rings. The number of rotatable bonds is 14. The number of Topliss-reactive ketones (excluding diaryl/α,β-unsaturated/α-hetero) is 2. The molecule has 2 unspecified atom stereocenters. The lowest BCUT2D eigenvalue weighted by atomic mass is 9.98. The summed E-state index contributed by atoms with van der Waals surface area (Å²) in [4.78, 5) is 45.5. The summed E-state index contributed by atoms with van der Waals surface area (Å²) in [7, 11) is 0. The van der Waals surface area contributed by atoms with Crippen LogP contribution >= 0.6 is 0 Å². The molecule has 0 saturated heterocycles. The van der Waals surface area contributed by atoms with E-state index in [1.807, 2.05) is 0 Å². The molecule has 0 rings (SSSR count). The molecular weight excluding hydrogens is 312 g/mol. The Kier molecular flexibility index (Phi) is 11.8. The Balaban J connectivity index is 4.42. The molecule has 138 valence electrons. The van der Waals surface area contributed by atoms with Gasteiger partial charge in [-0.05, 0) is 25.2 Å². The predicted molar refractivity (Wildman–Crippen MR) is 89.6 cm³/mol. The third-order valence-electron chi connectivity index (χ3n) is 3.82. The van der Waals surface area contributed by atoms with Crippen LogP contribution in [-0.4, -0.2) is 34.7 Å². The van der Waals surface area contributed by atoms with Crippen LogP contribution in [0.25, 0.3) is 0 Å². The second kappa shape index (κ2) is 12.7. The fourth-order valence-electron chi connectivity index (χ4n) is 2.41.